The van der Waals surface area contributed by atoms with Gasteiger partial charge in [0.2, 0.25) is 5.78 Å². The number of aromatic nitrogens is 1. The lowest BCUT2D eigenvalue weighted by Gasteiger charge is -2.15. The number of aromatic amines is 1. The van der Waals surface area contributed by atoms with E-state index < -0.39 is 23.0 Å². The average Bonchev–Trinajstić information content (AvgIpc) is 3.17. The Morgan fingerprint density at radius 3 is 2.58 bits per heavy atom. The molecule has 1 atom stereocenters. The Morgan fingerprint density at radius 1 is 1.18 bits per heavy atom. The number of halogens is 2. The fourth-order valence-electron chi connectivity index (χ4n) is 5.43. The highest BCUT2D eigenvalue weighted by Crippen LogP contribution is 2.30. The Morgan fingerprint density at radius 2 is 1.90 bits per heavy atom. The summed E-state index contributed by atoms with van der Waals surface area (Å²) in [6.45, 7) is 11.6. The van der Waals surface area contributed by atoms with Crippen LogP contribution in [0.1, 0.15) is 106 Å². The number of carbonyl (C=O) groups excluding carboxylic acids is 1. The molecule has 1 aromatic heterocycles. The molecule has 1 aromatic carbocycles. The molecule has 7 heteroatoms. The van der Waals surface area contributed by atoms with Crippen LogP contribution in [0.15, 0.2) is 48.1 Å². The van der Waals surface area contributed by atoms with Crippen molar-refractivity contribution in [2.45, 2.75) is 91.5 Å². The first-order valence-electron chi connectivity index (χ1n) is 14.7. The lowest BCUT2D eigenvalue weighted by molar-refractivity contribution is 0.103. The van der Waals surface area contributed by atoms with Crippen molar-refractivity contribution in [3.05, 3.63) is 77.2 Å². The second-order valence-electron chi connectivity index (χ2n) is 11.2. The van der Waals surface area contributed by atoms with E-state index in [1.807, 2.05) is 26.8 Å². The molecule has 3 rings (SSSR count). The number of benzene rings is 1. The number of ketones is 1. The summed E-state index contributed by atoms with van der Waals surface area (Å²) in [7, 11) is 0. The maximum absolute atomic E-state index is 15.6. The second-order valence-corrected chi connectivity index (χ2v) is 12.1. The van der Waals surface area contributed by atoms with Crippen molar-refractivity contribution in [1.82, 2.24) is 4.98 Å². The Bertz CT molecular complexity index is 1190. The molecule has 0 aliphatic heterocycles. The van der Waals surface area contributed by atoms with E-state index in [9.17, 15) is 4.79 Å². The lowest BCUT2D eigenvalue weighted by Crippen LogP contribution is -2.14. The molecule has 40 heavy (non-hydrogen) atoms. The van der Waals surface area contributed by atoms with E-state index in [2.05, 4.69) is 34.3 Å². The highest BCUT2D eigenvalue weighted by atomic mass is 32.2. The highest BCUT2D eigenvalue weighted by Gasteiger charge is 2.27. The van der Waals surface area contributed by atoms with E-state index in [1.165, 1.54) is 62.6 Å². The fraction of sp³-hybridized carbons (Fsp3) is 0.515. The van der Waals surface area contributed by atoms with E-state index in [1.54, 1.807) is 12.3 Å². The normalized spacial score (nSPS) is 15.9. The average molecular weight is 570 g/mol. The van der Waals surface area contributed by atoms with Crippen molar-refractivity contribution in [3.63, 3.8) is 0 Å². The number of hydrogen-bond acceptors (Lipinski definition) is 4. The summed E-state index contributed by atoms with van der Waals surface area (Å²) in [5.41, 5.74) is 1.97. The van der Waals surface area contributed by atoms with Crippen LogP contribution in [0.3, 0.4) is 0 Å². The molecule has 0 saturated heterocycles. The number of nitrogens with zero attached hydrogens (tertiary/aromatic N) is 1. The Kier molecular flexibility index (Phi) is 12.7. The third-order valence-corrected chi connectivity index (χ3v) is 8.35. The number of H-pyrrole nitrogens is 1. The van der Waals surface area contributed by atoms with Crippen LogP contribution in [-0.4, -0.2) is 28.3 Å². The minimum atomic E-state index is -0.869. The maximum Gasteiger partial charge on any atom is 0.201 e. The first-order valence-corrected chi connectivity index (χ1v) is 15.7. The molecule has 1 aliphatic rings. The summed E-state index contributed by atoms with van der Waals surface area (Å²) >= 11 is 1.42. The van der Waals surface area contributed by atoms with Crippen molar-refractivity contribution in [2.24, 2.45) is 16.8 Å². The Hall–Kier alpha value is -2.67. The number of carbonyl (C=O) groups is 1. The predicted octanol–water partition coefficient (Wildman–Crippen LogP) is 9.47. The van der Waals surface area contributed by atoms with Crippen LogP contribution >= 0.6 is 11.9 Å². The van der Waals surface area contributed by atoms with Gasteiger partial charge in [-0.1, -0.05) is 82.2 Å². The topological polar surface area (TPSA) is 57.2 Å². The van der Waals surface area contributed by atoms with Gasteiger partial charge >= 0.3 is 0 Å². The summed E-state index contributed by atoms with van der Waals surface area (Å²) in [6.07, 6.45) is 17.6. The van der Waals surface area contributed by atoms with E-state index >= 15 is 8.78 Å². The van der Waals surface area contributed by atoms with Gasteiger partial charge in [0.05, 0.1) is 11.3 Å². The maximum atomic E-state index is 15.6. The minimum absolute atomic E-state index is 0.0103. The van der Waals surface area contributed by atoms with E-state index in [0.717, 1.165) is 24.3 Å². The number of hydrogen-bond donors (Lipinski definition) is 2. The van der Waals surface area contributed by atoms with Gasteiger partial charge in [0.25, 0.3) is 0 Å². The zero-order valence-corrected chi connectivity index (χ0v) is 25.3. The van der Waals surface area contributed by atoms with Gasteiger partial charge in [-0.15, -0.1) is 0 Å². The molecule has 218 valence electrons. The van der Waals surface area contributed by atoms with Gasteiger partial charge in [-0.05, 0) is 64.0 Å². The summed E-state index contributed by atoms with van der Waals surface area (Å²) in [5.74, 6) is -0.564. The van der Waals surface area contributed by atoms with Crippen molar-refractivity contribution < 1.29 is 13.6 Å². The van der Waals surface area contributed by atoms with Gasteiger partial charge in [0.1, 0.15) is 5.82 Å². The van der Waals surface area contributed by atoms with Gasteiger partial charge in [-0.25, -0.2) is 8.78 Å². The molecular formula is C33H45F2N3OS. The van der Waals surface area contributed by atoms with E-state index in [-0.39, 0.29) is 17.3 Å². The quantitative estimate of drug-likeness (QED) is 0.0595. The van der Waals surface area contributed by atoms with Crippen molar-refractivity contribution in [2.75, 3.05) is 10.5 Å². The van der Waals surface area contributed by atoms with Crippen LogP contribution in [0.25, 0.3) is 0 Å². The van der Waals surface area contributed by atoms with Crippen LogP contribution in [0.4, 0.5) is 14.5 Å². The summed E-state index contributed by atoms with van der Waals surface area (Å²) in [6, 6.07) is 2.55. The molecule has 2 aromatic rings. The predicted molar refractivity (Wildman–Crippen MR) is 167 cm³/mol. The molecule has 0 spiro atoms. The van der Waals surface area contributed by atoms with Crippen molar-refractivity contribution in [1.29, 1.82) is 0 Å². The summed E-state index contributed by atoms with van der Waals surface area (Å²) in [5, 5.41) is 0. The Balaban J connectivity index is 1.82. The first-order chi connectivity index (χ1) is 19.2. The van der Waals surface area contributed by atoms with Gasteiger partial charge in [0, 0.05) is 40.5 Å². The number of aliphatic imine (C=N–C) groups is 1. The van der Waals surface area contributed by atoms with Gasteiger partial charge < -0.3 is 9.71 Å². The summed E-state index contributed by atoms with van der Waals surface area (Å²) < 4.78 is 33.7. The molecule has 1 heterocycles. The number of aryl methyl sites for hydroxylation is 1. The molecule has 0 amide bonds. The molecule has 1 saturated carbocycles. The van der Waals surface area contributed by atoms with Gasteiger partial charge in [-0.2, -0.15) is 0 Å². The fourth-order valence-corrected chi connectivity index (χ4v) is 6.29. The number of rotatable bonds is 14. The van der Waals surface area contributed by atoms with Gasteiger partial charge in [0.15, 0.2) is 5.82 Å². The zero-order chi connectivity index (χ0) is 29.1. The van der Waals surface area contributed by atoms with Crippen LogP contribution in [-0.2, 0) is 6.42 Å². The Labute approximate surface area is 243 Å². The lowest BCUT2D eigenvalue weighted by atomic mass is 9.94. The third-order valence-electron chi connectivity index (χ3n) is 7.55. The number of nitrogens with one attached hydrogen (secondary N) is 2. The second kappa shape index (κ2) is 15.9. The van der Waals surface area contributed by atoms with E-state index in [4.69, 9.17) is 0 Å². The van der Waals surface area contributed by atoms with Crippen LogP contribution in [0.5, 0.6) is 0 Å². The molecule has 4 nitrogen and oxygen atoms in total. The SMILES string of the molecule is C=CC=CC(C)CCc1[nH]cc(C(=O)c2c(F)ccc(NSCCC3CCCCCC3)c2F)c1C(C)=NC(C)C. The summed E-state index contributed by atoms with van der Waals surface area (Å²) in [4.78, 5) is 21.6. The monoisotopic (exact) mass is 569 g/mol. The largest absolute Gasteiger partial charge is 0.364 e. The standard InChI is InChI=1S/C33H45F2N3OS/c1-6-7-12-23(4)15-17-28-30(24(5)37-22(2)3)26(21-36-28)33(39)31-27(34)16-18-29(32(31)35)38-40-20-19-25-13-10-8-9-11-14-25/h6-7,12,16,18,21-23,25,36,38H,1,8-11,13-15,17,19-20H2,2-5H3. The van der Waals surface area contributed by atoms with Crippen molar-refractivity contribution in [3.8, 4) is 0 Å². The van der Waals surface area contributed by atoms with E-state index in [0.29, 0.717) is 29.5 Å². The van der Waals surface area contributed by atoms with Crippen LogP contribution < -0.4 is 4.72 Å². The molecule has 1 fully saturated rings. The molecule has 1 aliphatic carbocycles. The first kappa shape index (κ1) is 31.9. The van der Waals surface area contributed by atoms with Crippen molar-refractivity contribution >= 4 is 29.1 Å². The molecule has 0 bridgehead atoms. The number of anilines is 1. The van der Waals surface area contributed by atoms with Crippen LogP contribution in [0.2, 0.25) is 0 Å². The van der Waals surface area contributed by atoms with Crippen LogP contribution in [0, 0.1) is 23.5 Å². The highest BCUT2D eigenvalue weighted by molar-refractivity contribution is 8.00. The van der Waals surface area contributed by atoms with Gasteiger partial charge in [-0.3, -0.25) is 9.79 Å². The molecule has 2 N–H and O–H groups in total. The number of allylic oxidation sites excluding steroid dienone is 3. The smallest absolute Gasteiger partial charge is 0.201 e. The third kappa shape index (κ3) is 8.92. The molecule has 1 unspecified atom stereocenters. The molecular weight excluding hydrogens is 524 g/mol. The zero-order valence-electron chi connectivity index (χ0n) is 24.5. The minimum Gasteiger partial charge on any atom is -0.364 e. The molecule has 0 radical (unpaired) electrons.